The normalized spacial score (nSPS) is 38.3. The predicted molar refractivity (Wildman–Crippen MR) is 129 cm³/mol. The molecule has 3 aliphatic carbocycles. The van der Waals surface area contributed by atoms with E-state index < -0.39 is 24.3 Å². The Balaban J connectivity index is 1.39. The van der Waals surface area contributed by atoms with Crippen LogP contribution in [0.4, 0.5) is 13.2 Å². The quantitative estimate of drug-likeness (QED) is 0.481. The monoisotopic (exact) mass is 481 g/mol. The summed E-state index contributed by atoms with van der Waals surface area (Å²) in [6.07, 6.45) is 6.44. The number of alkyl halides is 3. The summed E-state index contributed by atoms with van der Waals surface area (Å²) in [5.74, 6) is 0.493. The summed E-state index contributed by atoms with van der Waals surface area (Å²) < 4.78 is 39.1. The average Bonchev–Trinajstić information content (AvgIpc) is 3.13. The van der Waals surface area contributed by atoms with Gasteiger partial charge in [0.2, 0.25) is 0 Å². The van der Waals surface area contributed by atoms with Gasteiger partial charge in [-0.15, -0.1) is 0 Å². The first-order chi connectivity index (χ1) is 16.0. The Morgan fingerprint density at radius 1 is 1.09 bits per heavy atom. The molecule has 0 radical (unpaired) electrons. The zero-order valence-corrected chi connectivity index (χ0v) is 20.8. The van der Waals surface area contributed by atoms with Gasteiger partial charge < -0.3 is 15.1 Å². The lowest BCUT2D eigenvalue weighted by atomic mass is 9.61. The Hall–Kier alpha value is -1.11. The van der Waals surface area contributed by atoms with Crippen molar-refractivity contribution in [2.45, 2.75) is 90.0 Å². The third-order valence-electron chi connectivity index (χ3n) is 9.62. The molecule has 4 aliphatic rings. The Labute approximate surface area is 202 Å². The number of piperidine rings is 1. The number of halogens is 3. The average molecular weight is 482 g/mol. The van der Waals surface area contributed by atoms with Crippen LogP contribution in [-0.2, 0) is 0 Å². The van der Waals surface area contributed by atoms with Crippen LogP contribution in [0.2, 0.25) is 0 Å². The van der Waals surface area contributed by atoms with E-state index in [4.69, 9.17) is 0 Å². The molecule has 0 aromatic heterocycles. The van der Waals surface area contributed by atoms with E-state index in [1.807, 2.05) is 0 Å². The first-order valence-electron chi connectivity index (χ1n) is 13.2. The molecule has 2 N–H and O–H groups in total. The molecule has 0 spiro atoms. The fourth-order valence-corrected chi connectivity index (χ4v) is 7.62. The summed E-state index contributed by atoms with van der Waals surface area (Å²) >= 11 is 0. The highest BCUT2D eigenvalue weighted by atomic mass is 19.4. The number of hydrogen-bond acceptors (Lipinski definition) is 3. The zero-order chi connectivity index (χ0) is 24.7. The third-order valence-corrected chi connectivity index (χ3v) is 9.62. The maximum Gasteiger partial charge on any atom is 0.391 e. The van der Waals surface area contributed by atoms with E-state index in [-0.39, 0.29) is 18.3 Å². The van der Waals surface area contributed by atoms with Crippen molar-refractivity contribution in [2.24, 2.45) is 29.1 Å². The molecule has 1 saturated heterocycles. The van der Waals surface area contributed by atoms with Crippen molar-refractivity contribution >= 4 is 0 Å². The minimum Gasteiger partial charge on any atom is -0.388 e. The summed E-state index contributed by atoms with van der Waals surface area (Å²) in [6, 6.07) is 0. The van der Waals surface area contributed by atoms with Gasteiger partial charge in [0.25, 0.3) is 0 Å². The molecule has 1 aliphatic heterocycles. The lowest BCUT2D eigenvalue weighted by Crippen LogP contribution is -2.44. The minimum atomic E-state index is -4.05. The van der Waals surface area contributed by atoms with Gasteiger partial charge >= 0.3 is 6.18 Å². The summed E-state index contributed by atoms with van der Waals surface area (Å²) in [6.45, 7) is 10.6. The van der Waals surface area contributed by atoms with Gasteiger partial charge in [-0.1, -0.05) is 43.7 Å². The fraction of sp³-hybridized carbons (Fsp3) is 0.786. The Kier molecular flexibility index (Phi) is 7.71. The van der Waals surface area contributed by atoms with Crippen molar-refractivity contribution in [1.29, 1.82) is 0 Å². The molecule has 4 fully saturated rings. The van der Waals surface area contributed by atoms with E-state index in [2.05, 4.69) is 37.5 Å². The molecule has 1 unspecified atom stereocenters. The molecule has 0 amide bonds. The van der Waals surface area contributed by atoms with Crippen LogP contribution in [0.15, 0.2) is 35.5 Å². The zero-order valence-electron chi connectivity index (χ0n) is 20.8. The van der Waals surface area contributed by atoms with Gasteiger partial charge in [-0.2, -0.15) is 13.2 Å². The Morgan fingerprint density at radius 2 is 1.74 bits per heavy atom. The molecule has 192 valence electrons. The van der Waals surface area contributed by atoms with Gasteiger partial charge in [-0.3, -0.25) is 0 Å². The first kappa shape index (κ1) is 26.0. The number of rotatable bonds is 4. The second-order valence-electron chi connectivity index (χ2n) is 11.8. The van der Waals surface area contributed by atoms with E-state index in [1.165, 1.54) is 31.3 Å². The SMILES string of the molecule is C=C1[C@H](O)CC(=C/C=C2\CCC[C@]3(C)[C@@H](C(C)CN4CCC(C(F)(F)F)CC4)CC[C@@H]23)C[C@H]1O. The van der Waals surface area contributed by atoms with Gasteiger partial charge in [0, 0.05) is 6.54 Å². The van der Waals surface area contributed by atoms with Crippen molar-refractivity contribution in [3.05, 3.63) is 35.5 Å². The number of aliphatic hydroxyl groups excluding tert-OH is 2. The molecule has 0 bridgehead atoms. The second-order valence-corrected chi connectivity index (χ2v) is 11.8. The maximum absolute atomic E-state index is 13.0. The molecule has 3 saturated carbocycles. The summed E-state index contributed by atoms with van der Waals surface area (Å²) in [5, 5.41) is 20.3. The van der Waals surface area contributed by atoms with Gasteiger partial charge in [-0.05, 0) is 99.6 Å². The van der Waals surface area contributed by atoms with Crippen molar-refractivity contribution < 1.29 is 23.4 Å². The van der Waals surface area contributed by atoms with E-state index >= 15 is 0 Å². The fourth-order valence-electron chi connectivity index (χ4n) is 7.62. The summed E-state index contributed by atoms with van der Waals surface area (Å²) in [5.41, 5.74) is 3.34. The molecule has 34 heavy (non-hydrogen) atoms. The number of fused-ring (bicyclic) bond motifs is 1. The first-order valence-corrected chi connectivity index (χ1v) is 13.2. The van der Waals surface area contributed by atoms with Crippen LogP contribution >= 0.6 is 0 Å². The van der Waals surface area contributed by atoms with Crippen LogP contribution < -0.4 is 0 Å². The predicted octanol–water partition coefficient (Wildman–Crippen LogP) is 6.04. The second kappa shape index (κ2) is 10.1. The molecule has 4 rings (SSSR count). The number of aliphatic hydroxyl groups is 2. The summed E-state index contributed by atoms with van der Waals surface area (Å²) in [4.78, 5) is 2.27. The minimum absolute atomic E-state index is 0.235. The molecular formula is C28H42F3NO2. The molecule has 6 heteroatoms. The lowest BCUT2D eigenvalue weighted by Gasteiger charge is -2.45. The Bertz CT molecular complexity index is 795. The van der Waals surface area contributed by atoms with Crippen LogP contribution in [-0.4, -0.2) is 53.1 Å². The molecule has 1 heterocycles. The number of allylic oxidation sites excluding steroid dienone is 3. The topological polar surface area (TPSA) is 43.7 Å². The van der Waals surface area contributed by atoms with Crippen LogP contribution in [0.25, 0.3) is 0 Å². The molecule has 0 aromatic carbocycles. The van der Waals surface area contributed by atoms with Crippen LogP contribution in [0.1, 0.15) is 71.6 Å². The molecular weight excluding hydrogens is 439 g/mol. The number of likely N-dealkylation sites (tertiary alicyclic amines) is 1. The van der Waals surface area contributed by atoms with Crippen molar-refractivity contribution in [1.82, 2.24) is 4.90 Å². The van der Waals surface area contributed by atoms with Crippen molar-refractivity contribution in [3.63, 3.8) is 0 Å². The van der Waals surface area contributed by atoms with Gasteiger partial charge in [0.15, 0.2) is 0 Å². The van der Waals surface area contributed by atoms with Crippen LogP contribution in [0, 0.1) is 29.1 Å². The van der Waals surface area contributed by atoms with E-state index in [1.54, 1.807) is 0 Å². The lowest BCUT2D eigenvalue weighted by molar-refractivity contribution is -0.185. The Morgan fingerprint density at radius 3 is 2.35 bits per heavy atom. The van der Waals surface area contributed by atoms with Gasteiger partial charge in [-0.25, -0.2) is 0 Å². The highest BCUT2D eigenvalue weighted by molar-refractivity contribution is 5.29. The number of hydrogen-bond donors (Lipinski definition) is 2. The molecule has 6 atom stereocenters. The molecule has 3 nitrogen and oxygen atoms in total. The largest absolute Gasteiger partial charge is 0.391 e. The number of nitrogens with zero attached hydrogens (tertiary/aromatic N) is 1. The highest BCUT2D eigenvalue weighted by Gasteiger charge is 2.51. The van der Waals surface area contributed by atoms with Crippen LogP contribution in [0.5, 0.6) is 0 Å². The molecule has 0 aromatic rings. The van der Waals surface area contributed by atoms with Crippen molar-refractivity contribution in [2.75, 3.05) is 19.6 Å². The van der Waals surface area contributed by atoms with E-state index in [9.17, 15) is 23.4 Å². The van der Waals surface area contributed by atoms with Gasteiger partial charge in [0.05, 0.1) is 18.1 Å². The third kappa shape index (κ3) is 5.34. The van der Waals surface area contributed by atoms with Crippen molar-refractivity contribution in [3.8, 4) is 0 Å². The maximum atomic E-state index is 13.0. The highest BCUT2D eigenvalue weighted by Crippen LogP contribution is 2.59. The van der Waals surface area contributed by atoms with Crippen LogP contribution in [0.3, 0.4) is 0 Å². The standard InChI is InChI=1S/C28H42F3NO2/c1-18(17-32-13-10-22(11-14-32)28(29,30)31)23-8-9-24-21(5-4-12-27(23,24)3)7-6-20-15-25(33)19(2)26(34)16-20/h6-7,18,22-26,33-34H,2,4-5,8-17H2,1,3H3/b21-7+/t18?,23-,24+,25-,26-,27-/m1/s1. The smallest absolute Gasteiger partial charge is 0.388 e. The van der Waals surface area contributed by atoms with E-state index in [0.29, 0.717) is 49.3 Å². The van der Waals surface area contributed by atoms with Gasteiger partial charge in [0.1, 0.15) is 0 Å². The summed E-state index contributed by atoms with van der Waals surface area (Å²) in [7, 11) is 0. The van der Waals surface area contributed by atoms with E-state index in [0.717, 1.165) is 18.5 Å².